The summed E-state index contributed by atoms with van der Waals surface area (Å²) in [6.45, 7) is 0. The molecule has 0 saturated heterocycles. The van der Waals surface area contributed by atoms with Crippen molar-refractivity contribution in [3.05, 3.63) is 52.5 Å². The predicted octanol–water partition coefficient (Wildman–Crippen LogP) is 2.19. The van der Waals surface area contributed by atoms with E-state index in [0.717, 1.165) is 0 Å². The van der Waals surface area contributed by atoms with Gasteiger partial charge in [0.05, 0.1) is 0 Å². The van der Waals surface area contributed by atoms with Crippen LogP contribution in [0.3, 0.4) is 0 Å². The third-order valence-corrected chi connectivity index (χ3v) is 2.63. The summed E-state index contributed by atoms with van der Waals surface area (Å²) in [6.07, 6.45) is 1.31. The van der Waals surface area contributed by atoms with Gasteiger partial charge in [0.25, 0.3) is 5.91 Å². The van der Waals surface area contributed by atoms with Crippen molar-refractivity contribution in [3.8, 4) is 0 Å². The Balaban J connectivity index is 2.19. The van der Waals surface area contributed by atoms with Crippen molar-refractivity contribution in [1.82, 2.24) is 9.97 Å². The van der Waals surface area contributed by atoms with Gasteiger partial charge >= 0.3 is 5.97 Å². The molecule has 0 atom stereocenters. The Morgan fingerprint density at radius 3 is 2.68 bits per heavy atom. The molecule has 2 rings (SSSR count). The topological polar surface area (TPSA) is 92.2 Å². The summed E-state index contributed by atoms with van der Waals surface area (Å²) < 4.78 is 0.543. The molecule has 96 valence electrons. The lowest BCUT2D eigenvalue weighted by molar-refractivity contribution is 0.0690. The van der Waals surface area contributed by atoms with E-state index in [2.05, 4.69) is 31.2 Å². The Morgan fingerprint density at radius 2 is 2.00 bits per heavy atom. The number of nitrogens with one attached hydrogen (secondary N) is 1. The van der Waals surface area contributed by atoms with Crippen molar-refractivity contribution in [3.63, 3.8) is 0 Å². The predicted molar refractivity (Wildman–Crippen MR) is 71.1 cm³/mol. The molecule has 2 N–H and O–H groups in total. The fourth-order valence-corrected chi connectivity index (χ4v) is 1.70. The zero-order valence-electron chi connectivity index (χ0n) is 9.50. The van der Waals surface area contributed by atoms with Gasteiger partial charge in [0.15, 0.2) is 0 Å². The van der Waals surface area contributed by atoms with Crippen molar-refractivity contribution >= 4 is 33.5 Å². The molecule has 0 spiro atoms. The Hall–Kier alpha value is -2.28. The van der Waals surface area contributed by atoms with Crippen molar-refractivity contribution in [2.45, 2.75) is 0 Å². The number of rotatable bonds is 3. The molecular formula is C12H8BrN3O3. The van der Waals surface area contributed by atoms with Crippen LogP contribution in [0, 0.1) is 0 Å². The number of pyridine rings is 2. The summed E-state index contributed by atoms with van der Waals surface area (Å²) in [5.41, 5.74) is 0.433. The minimum Gasteiger partial charge on any atom is -0.477 e. The number of nitrogens with zero attached hydrogens (tertiary/aromatic N) is 2. The van der Waals surface area contributed by atoms with Crippen LogP contribution in [0.4, 0.5) is 5.69 Å². The number of carbonyl (C=O) groups is 2. The van der Waals surface area contributed by atoms with Crippen LogP contribution in [0.15, 0.2) is 41.1 Å². The highest BCUT2D eigenvalue weighted by molar-refractivity contribution is 9.10. The van der Waals surface area contributed by atoms with Crippen molar-refractivity contribution in [1.29, 1.82) is 0 Å². The van der Waals surface area contributed by atoms with Crippen LogP contribution in [-0.2, 0) is 0 Å². The van der Waals surface area contributed by atoms with Gasteiger partial charge in [0.2, 0.25) is 0 Å². The zero-order chi connectivity index (χ0) is 13.8. The smallest absolute Gasteiger partial charge is 0.354 e. The Labute approximate surface area is 116 Å². The van der Waals surface area contributed by atoms with Crippen LogP contribution in [0.25, 0.3) is 0 Å². The zero-order valence-corrected chi connectivity index (χ0v) is 11.1. The first-order chi connectivity index (χ1) is 9.06. The minimum atomic E-state index is -1.16. The molecule has 0 fully saturated rings. The highest BCUT2D eigenvalue weighted by atomic mass is 79.9. The first-order valence-electron chi connectivity index (χ1n) is 5.19. The maximum atomic E-state index is 11.9. The minimum absolute atomic E-state index is 0.139. The Kier molecular flexibility index (Phi) is 3.86. The van der Waals surface area contributed by atoms with Gasteiger partial charge in [0, 0.05) is 11.9 Å². The van der Waals surface area contributed by atoms with Crippen molar-refractivity contribution < 1.29 is 14.7 Å². The van der Waals surface area contributed by atoms with Crippen LogP contribution in [-0.4, -0.2) is 27.0 Å². The second kappa shape index (κ2) is 5.57. The summed E-state index contributed by atoms with van der Waals surface area (Å²) in [4.78, 5) is 30.3. The largest absolute Gasteiger partial charge is 0.477 e. The third kappa shape index (κ3) is 3.35. The highest BCUT2D eigenvalue weighted by Gasteiger charge is 2.10. The van der Waals surface area contributed by atoms with Gasteiger partial charge in [0.1, 0.15) is 16.0 Å². The molecule has 0 radical (unpaired) electrons. The molecule has 19 heavy (non-hydrogen) atoms. The van der Waals surface area contributed by atoms with E-state index in [0.29, 0.717) is 10.3 Å². The first-order valence-corrected chi connectivity index (χ1v) is 5.99. The van der Waals surface area contributed by atoms with E-state index >= 15 is 0 Å². The molecule has 0 aliphatic heterocycles. The highest BCUT2D eigenvalue weighted by Crippen LogP contribution is 2.11. The summed E-state index contributed by atoms with van der Waals surface area (Å²) in [5.74, 6) is -1.58. The summed E-state index contributed by atoms with van der Waals surface area (Å²) in [5, 5.41) is 11.4. The van der Waals surface area contributed by atoms with Crippen LogP contribution in [0.2, 0.25) is 0 Å². The van der Waals surface area contributed by atoms with Gasteiger partial charge < -0.3 is 10.4 Å². The maximum absolute atomic E-state index is 11.9. The van der Waals surface area contributed by atoms with Crippen LogP contribution < -0.4 is 5.32 Å². The molecule has 6 nitrogen and oxygen atoms in total. The molecule has 2 heterocycles. The number of carboxylic acid groups (broad SMARTS) is 1. The molecule has 0 aromatic carbocycles. The number of aromatic carboxylic acids is 1. The van der Waals surface area contributed by atoms with Crippen molar-refractivity contribution in [2.24, 2.45) is 0 Å². The monoisotopic (exact) mass is 321 g/mol. The number of halogens is 1. The van der Waals surface area contributed by atoms with E-state index in [1.165, 1.54) is 18.3 Å². The van der Waals surface area contributed by atoms with Gasteiger partial charge in [-0.25, -0.2) is 14.8 Å². The third-order valence-electron chi connectivity index (χ3n) is 2.18. The Morgan fingerprint density at radius 1 is 1.21 bits per heavy atom. The van der Waals surface area contributed by atoms with Crippen LogP contribution >= 0.6 is 15.9 Å². The number of carboxylic acids is 1. The molecule has 0 unspecified atom stereocenters. The number of hydrogen-bond acceptors (Lipinski definition) is 4. The van der Waals surface area contributed by atoms with E-state index in [4.69, 9.17) is 5.11 Å². The SMILES string of the molecule is O=C(O)c1cc(NC(=O)c2cccc(Br)n2)ccn1. The molecular weight excluding hydrogens is 314 g/mol. The lowest BCUT2D eigenvalue weighted by Gasteiger charge is -2.05. The molecule has 0 bridgehead atoms. The molecule has 7 heteroatoms. The van der Waals surface area contributed by atoms with Gasteiger partial charge in [-0.2, -0.15) is 0 Å². The lowest BCUT2D eigenvalue weighted by atomic mass is 10.3. The number of aromatic nitrogens is 2. The number of anilines is 1. The number of amides is 1. The van der Waals surface area contributed by atoms with Gasteiger partial charge in [-0.05, 0) is 40.2 Å². The second-order valence-electron chi connectivity index (χ2n) is 3.53. The average Bonchev–Trinajstić information content (AvgIpc) is 2.39. The number of carbonyl (C=O) groups excluding carboxylic acids is 1. The van der Waals surface area contributed by atoms with Crippen LogP contribution in [0.5, 0.6) is 0 Å². The summed E-state index contributed by atoms with van der Waals surface area (Å²) >= 11 is 3.17. The van der Waals surface area contributed by atoms with E-state index in [-0.39, 0.29) is 11.4 Å². The molecule has 2 aromatic heterocycles. The van der Waals surface area contributed by atoms with Gasteiger partial charge in [-0.15, -0.1) is 0 Å². The fraction of sp³-hybridized carbons (Fsp3) is 0. The molecule has 1 amide bonds. The lowest BCUT2D eigenvalue weighted by Crippen LogP contribution is -2.14. The van der Waals surface area contributed by atoms with Crippen LogP contribution in [0.1, 0.15) is 21.0 Å². The van der Waals surface area contributed by atoms with E-state index in [1.54, 1.807) is 18.2 Å². The van der Waals surface area contributed by atoms with E-state index in [9.17, 15) is 9.59 Å². The van der Waals surface area contributed by atoms with E-state index in [1.807, 2.05) is 0 Å². The number of hydrogen-bond donors (Lipinski definition) is 2. The molecule has 0 aliphatic rings. The normalized spacial score (nSPS) is 9.95. The van der Waals surface area contributed by atoms with Gasteiger partial charge in [-0.1, -0.05) is 6.07 Å². The van der Waals surface area contributed by atoms with E-state index < -0.39 is 11.9 Å². The quantitative estimate of drug-likeness (QED) is 0.845. The maximum Gasteiger partial charge on any atom is 0.354 e. The summed E-state index contributed by atoms with van der Waals surface area (Å²) in [6, 6.07) is 7.72. The molecule has 0 aliphatic carbocycles. The first kappa shape index (κ1) is 13.2. The second-order valence-corrected chi connectivity index (χ2v) is 4.35. The molecule has 0 saturated carbocycles. The Bertz CT molecular complexity index is 646. The fourth-order valence-electron chi connectivity index (χ4n) is 1.36. The van der Waals surface area contributed by atoms with Gasteiger partial charge in [-0.3, -0.25) is 4.79 Å². The summed E-state index contributed by atoms with van der Waals surface area (Å²) in [7, 11) is 0. The average molecular weight is 322 g/mol. The standard InChI is InChI=1S/C12H8BrN3O3/c13-10-3-1-2-8(16-10)11(17)15-7-4-5-14-9(6-7)12(18)19/h1-6H,(H,18,19)(H,14,15,17). The van der Waals surface area contributed by atoms with Crippen molar-refractivity contribution in [2.75, 3.05) is 5.32 Å². The molecule has 2 aromatic rings.